The normalized spacial score (nSPS) is 10.8. The minimum Gasteiger partial charge on any atom is -0.358 e. The molecule has 1 amide bonds. The molecule has 1 N–H and O–H groups in total. The Labute approximate surface area is 176 Å². The van der Waals surface area contributed by atoms with Gasteiger partial charge >= 0.3 is 11.5 Å². The highest BCUT2D eigenvalue weighted by molar-refractivity contribution is 5.91. The Morgan fingerprint density at radius 3 is 2.26 bits per heavy atom. The molecule has 0 atom stereocenters. The lowest BCUT2D eigenvalue weighted by Crippen LogP contribution is -2.21. The summed E-state index contributed by atoms with van der Waals surface area (Å²) in [7, 11) is 0. The molecule has 0 unspecified atom stereocenters. The van der Waals surface area contributed by atoms with Crippen molar-refractivity contribution < 1.29 is 14.6 Å². The molecule has 0 fully saturated rings. The number of hydrogen-bond donors (Lipinski definition) is 1. The van der Waals surface area contributed by atoms with Gasteiger partial charge < -0.3 is 15.4 Å². The summed E-state index contributed by atoms with van der Waals surface area (Å²) in [5.74, 6) is -1.43. The van der Waals surface area contributed by atoms with Crippen molar-refractivity contribution in [3.05, 3.63) is 72.7 Å². The Morgan fingerprint density at radius 1 is 1.00 bits per heavy atom. The highest BCUT2D eigenvalue weighted by Gasteiger charge is 2.35. The second-order valence-corrected chi connectivity index (χ2v) is 7.11. The summed E-state index contributed by atoms with van der Waals surface area (Å²) in [4.78, 5) is 32.9. The van der Waals surface area contributed by atoms with Crippen LogP contribution in [0.4, 0.5) is 17.2 Å². The number of aryl methyl sites for hydroxylation is 2. The van der Waals surface area contributed by atoms with Crippen LogP contribution in [0.1, 0.15) is 28.2 Å². The molecule has 2 aromatic heterocycles. The van der Waals surface area contributed by atoms with Crippen LogP contribution in [0.2, 0.25) is 0 Å². The molecule has 0 radical (unpaired) electrons. The fraction of sp³-hybridized carbons (Fsp3) is 0.316. The largest absolute Gasteiger partial charge is 0.468 e. The summed E-state index contributed by atoms with van der Waals surface area (Å²) >= 11 is 0. The minimum atomic E-state index is -0.941. The molecule has 2 heterocycles. The molecule has 1 aromatic carbocycles. The Morgan fingerprint density at radius 2 is 1.68 bits per heavy atom. The van der Waals surface area contributed by atoms with Crippen molar-refractivity contribution in [2.24, 2.45) is 0 Å². The summed E-state index contributed by atoms with van der Waals surface area (Å²) in [5.41, 5.74) is 3.28. The molecule has 12 nitrogen and oxygen atoms in total. The standard InChI is InChI=1S/C19H21N7O5/c1-11-7-5-6-8-15(11)9-23-13(3)17(12(2)21-23)20-16(27)10-24-14(4)18(25(28)29)19(22-24)26(30)31/h5-8H,9-10H2,1-4H3,(H,20,27). The van der Waals surface area contributed by atoms with E-state index in [2.05, 4.69) is 15.5 Å². The average molecular weight is 427 g/mol. The SMILES string of the molecule is Cc1ccccc1Cn1nc(C)c(NC(=O)Cn2nc([N+](=O)[O-])c([N+](=O)[O-])c2C)c1C. The number of nitrogens with zero attached hydrogens (tertiary/aromatic N) is 6. The molecule has 0 aliphatic rings. The van der Waals surface area contributed by atoms with E-state index in [-0.39, 0.29) is 5.69 Å². The van der Waals surface area contributed by atoms with Crippen molar-refractivity contribution in [2.75, 3.05) is 5.32 Å². The third kappa shape index (κ3) is 4.27. The maximum atomic E-state index is 12.6. The molecule has 0 spiro atoms. The van der Waals surface area contributed by atoms with E-state index in [9.17, 15) is 25.0 Å². The second kappa shape index (κ2) is 8.34. The number of rotatable bonds is 7. The highest BCUT2D eigenvalue weighted by atomic mass is 16.6. The van der Waals surface area contributed by atoms with E-state index in [0.29, 0.717) is 17.9 Å². The van der Waals surface area contributed by atoms with Gasteiger partial charge in [0.15, 0.2) is 0 Å². The van der Waals surface area contributed by atoms with Gasteiger partial charge in [-0.05, 0) is 43.7 Å². The van der Waals surface area contributed by atoms with E-state index in [1.165, 1.54) is 6.92 Å². The van der Waals surface area contributed by atoms with Crippen molar-refractivity contribution in [1.29, 1.82) is 0 Å². The smallest absolute Gasteiger partial charge is 0.358 e. The zero-order chi connectivity index (χ0) is 22.9. The zero-order valence-corrected chi connectivity index (χ0v) is 17.4. The van der Waals surface area contributed by atoms with Gasteiger partial charge in [0.2, 0.25) is 5.91 Å². The third-order valence-corrected chi connectivity index (χ3v) is 5.03. The van der Waals surface area contributed by atoms with Crippen molar-refractivity contribution in [3.8, 4) is 0 Å². The van der Waals surface area contributed by atoms with Crippen molar-refractivity contribution in [3.63, 3.8) is 0 Å². The van der Waals surface area contributed by atoms with Gasteiger partial charge in [0, 0.05) is 0 Å². The Hall–Kier alpha value is -4.09. The Kier molecular flexibility index (Phi) is 5.81. The van der Waals surface area contributed by atoms with Crippen LogP contribution in [0, 0.1) is 47.9 Å². The van der Waals surface area contributed by atoms with Crippen LogP contribution in [-0.4, -0.2) is 35.3 Å². The first-order chi connectivity index (χ1) is 14.6. The van der Waals surface area contributed by atoms with Gasteiger partial charge in [0.05, 0.1) is 33.6 Å². The fourth-order valence-electron chi connectivity index (χ4n) is 3.31. The Bertz CT molecular complexity index is 1190. The molecule has 0 saturated heterocycles. The number of benzene rings is 1. The number of anilines is 1. The van der Waals surface area contributed by atoms with Crippen LogP contribution < -0.4 is 5.32 Å². The zero-order valence-electron chi connectivity index (χ0n) is 17.4. The van der Waals surface area contributed by atoms with E-state index in [1.54, 1.807) is 11.6 Å². The van der Waals surface area contributed by atoms with Crippen LogP contribution in [0.5, 0.6) is 0 Å². The summed E-state index contributed by atoms with van der Waals surface area (Å²) in [5, 5.41) is 33.0. The number of carbonyl (C=O) groups excluding carboxylic acids is 1. The number of aromatic nitrogens is 4. The molecule has 3 rings (SSSR count). The van der Waals surface area contributed by atoms with Gasteiger partial charge in [-0.1, -0.05) is 24.3 Å². The average Bonchev–Trinajstić information content (AvgIpc) is 3.15. The monoisotopic (exact) mass is 427 g/mol. The molecule has 31 heavy (non-hydrogen) atoms. The molecule has 3 aromatic rings. The highest BCUT2D eigenvalue weighted by Crippen LogP contribution is 2.29. The summed E-state index contributed by atoms with van der Waals surface area (Å²) in [6.07, 6.45) is 0. The first-order valence-electron chi connectivity index (χ1n) is 9.34. The van der Waals surface area contributed by atoms with Gasteiger partial charge in [-0.3, -0.25) is 19.6 Å². The number of carbonyl (C=O) groups is 1. The van der Waals surface area contributed by atoms with E-state index < -0.39 is 33.8 Å². The Balaban J connectivity index is 1.81. The van der Waals surface area contributed by atoms with Crippen LogP contribution in [0.15, 0.2) is 24.3 Å². The predicted molar refractivity (Wildman–Crippen MR) is 111 cm³/mol. The fourth-order valence-corrected chi connectivity index (χ4v) is 3.31. The first kappa shape index (κ1) is 21.6. The molecule has 0 aliphatic heterocycles. The van der Waals surface area contributed by atoms with E-state index in [1.807, 2.05) is 38.1 Å². The lowest BCUT2D eigenvalue weighted by atomic mass is 10.1. The van der Waals surface area contributed by atoms with Gasteiger partial charge in [-0.15, -0.1) is 0 Å². The van der Waals surface area contributed by atoms with Gasteiger partial charge in [0.25, 0.3) is 0 Å². The quantitative estimate of drug-likeness (QED) is 0.449. The second-order valence-electron chi connectivity index (χ2n) is 7.11. The van der Waals surface area contributed by atoms with Crippen LogP contribution in [0.3, 0.4) is 0 Å². The molecule has 12 heteroatoms. The lowest BCUT2D eigenvalue weighted by molar-refractivity contribution is -0.424. The maximum Gasteiger partial charge on any atom is 0.468 e. The number of hydrogen-bond acceptors (Lipinski definition) is 7. The molecule has 0 bridgehead atoms. The summed E-state index contributed by atoms with van der Waals surface area (Å²) < 4.78 is 2.73. The molecular formula is C19H21N7O5. The van der Waals surface area contributed by atoms with E-state index >= 15 is 0 Å². The maximum absolute atomic E-state index is 12.6. The van der Waals surface area contributed by atoms with E-state index in [4.69, 9.17) is 0 Å². The van der Waals surface area contributed by atoms with Crippen LogP contribution in [-0.2, 0) is 17.9 Å². The van der Waals surface area contributed by atoms with Crippen LogP contribution >= 0.6 is 0 Å². The van der Waals surface area contributed by atoms with Gasteiger partial charge in [0.1, 0.15) is 12.2 Å². The molecule has 0 aliphatic carbocycles. The van der Waals surface area contributed by atoms with Crippen molar-refractivity contribution >= 4 is 23.1 Å². The molecule has 162 valence electrons. The lowest BCUT2D eigenvalue weighted by Gasteiger charge is -2.09. The minimum absolute atomic E-state index is 0.0736. The molecule has 0 saturated carbocycles. The van der Waals surface area contributed by atoms with Crippen molar-refractivity contribution in [1.82, 2.24) is 19.6 Å². The first-order valence-corrected chi connectivity index (χ1v) is 9.34. The van der Waals surface area contributed by atoms with Gasteiger partial charge in [-0.2, -0.15) is 9.78 Å². The number of nitro groups is 2. The van der Waals surface area contributed by atoms with Crippen molar-refractivity contribution in [2.45, 2.75) is 40.8 Å². The topological polar surface area (TPSA) is 151 Å². The molecular weight excluding hydrogens is 406 g/mol. The summed E-state index contributed by atoms with van der Waals surface area (Å²) in [6.45, 7) is 7.01. The predicted octanol–water partition coefficient (Wildman–Crippen LogP) is 2.82. The third-order valence-electron chi connectivity index (χ3n) is 5.03. The summed E-state index contributed by atoms with van der Waals surface area (Å²) in [6, 6.07) is 7.91. The number of amides is 1. The van der Waals surface area contributed by atoms with Crippen LogP contribution in [0.25, 0.3) is 0 Å². The number of nitrogens with one attached hydrogen (secondary N) is 1. The van der Waals surface area contributed by atoms with Gasteiger partial charge in [-0.25, -0.2) is 0 Å². The van der Waals surface area contributed by atoms with E-state index in [0.717, 1.165) is 21.5 Å².